The number of pyridine rings is 1. The molecule has 8 rings (SSSR count). The number of hydrogen-bond donors (Lipinski definition) is 2. The van der Waals surface area contributed by atoms with Gasteiger partial charge in [0.2, 0.25) is 0 Å². The Bertz CT molecular complexity index is 1890. The van der Waals surface area contributed by atoms with E-state index in [2.05, 4.69) is 9.88 Å². The van der Waals surface area contributed by atoms with E-state index in [1.807, 2.05) is 11.8 Å². The predicted molar refractivity (Wildman–Crippen MR) is 184 cm³/mol. The number of anilines is 1. The Morgan fingerprint density at radius 1 is 1.04 bits per heavy atom. The molecule has 3 atom stereocenters. The first kappa shape index (κ1) is 32.5. The first-order valence-corrected chi connectivity index (χ1v) is 17.9. The molecule has 4 aliphatic rings. The Morgan fingerprint density at radius 3 is 2.67 bits per heavy atom. The highest BCUT2D eigenvalue weighted by Crippen LogP contribution is 2.50. The van der Waals surface area contributed by atoms with Crippen LogP contribution in [-0.2, 0) is 11.2 Å². The van der Waals surface area contributed by atoms with Gasteiger partial charge in [0.05, 0.1) is 24.2 Å². The zero-order chi connectivity index (χ0) is 33.9. The monoisotopic (exact) mass is 673 g/mol. The molecule has 4 fully saturated rings. The highest BCUT2D eigenvalue weighted by Gasteiger charge is 2.51. The van der Waals surface area contributed by atoms with E-state index >= 15 is 8.78 Å². The molecule has 0 radical (unpaired) electrons. The number of benzene rings is 2. The molecule has 49 heavy (non-hydrogen) atoms. The predicted octanol–water partition coefficient (Wildman–Crippen LogP) is 6.54. The molecule has 2 aliphatic heterocycles. The lowest BCUT2D eigenvalue weighted by atomic mass is 9.73. The van der Waals surface area contributed by atoms with Crippen molar-refractivity contribution >= 4 is 27.5 Å². The summed E-state index contributed by atoms with van der Waals surface area (Å²) in [5.41, 5.74) is 0.703. The number of halogens is 2. The lowest BCUT2D eigenvalue weighted by Crippen LogP contribution is -2.59. The number of β-amino-alcohol motifs (C(OH)–C–C–N with tert-alkyl or cyclic N) is 1. The van der Waals surface area contributed by atoms with Gasteiger partial charge in [0.15, 0.2) is 5.82 Å². The number of aliphatic hydroxyl groups is 1. The van der Waals surface area contributed by atoms with Crippen LogP contribution in [0.1, 0.15) is 70.3 Å². The van der Waals surface area contributed by atoms with E-state index in [0.29, 0.717) is 83.8 Å². The van der Waals surface area contributed by atoms with E-state index in [1.165, 1.54) is 12.1 Å². The Hall–Kier alpha value is -3.67. The van der Waals surface area contributed by atoms with Crippen molar-refractivity contribution in [3.8, 4) is 23.0 Å². The topological polar surface area (TPSA) is 104 Å². The Morgan fingerprint density at radius 2 is 1.88 bits per heavy atom. The maximum absolute atomic E-state index is 16.9. The molecule has 9 nitrogen and oxygen atoms in total. The fraction of sp³-hybridized carbons (Fsp3) is 0.553. The van der Waals surface area contributed by atoms with Crippen LogP contribution < -0.4 is 9.64 Å². The molecule has 2 aliphatic carbocycles. The smallest absolute Gasteiger partial charge is 0.319 e. The minimum Gasteiger partial charge on any atom is -0.508 e. The summed E-state index contributed by atoms with van der Waals surface area (Å²) >= 11 is 0. The van der Waals surface area contributed by atoms with Gasteiger partial charge >= 0.3 is 6.01 Å². The molecule has 2 aromatic heterocycles. The van der Waals surface area contributed by atoms with Gasteiger partial charge in [-0.2, -0.15) is 9.97 Å². The van der Waals surface area contributed by atoms with E-state index in [9.17, 15) is 10.2 Å². The van der Waals surface area contributed by atoms with Gasteiger partial charge in [0.1, 0.15) is 28.6 Å². The zero-order valence-corrected chi connectivity index (χ0v) is 28.3. The first-order valence-electron chi connectivity index (χ1n) is 17.9. The van der Waals surface area contributed by atoms with Crippen LogP contribution in [0, 0.1) is 17.0 Å². The molecule has 0 bridgehead atoms. The second-order valence-electron chi connectivity index (χ2n) is 14.6. The summed E-state index contributed by atoms with van der Waals surface area (Å²) < 4.78 is 44.1. The van der Waals surface area contributed by atoms with Gasteiger partial charge in [-0.1, -0.05) is 19.4 Å². The quantitative estimate of drug-likeness (QED) is 0.216. The molecule has 260 valence electrons. The minimum absolute atomic E-state index is 0.0285. The second kappa shape index (κ2) is 12.9. The van der Waals surface area contributed by atoms with Crippen LogP contribution in [0.5, 0.6) is 11.8 Å². The number of likely N-dealkylation sites (tertiary alicyclic amines) is 1. The average molecular weight is 674 g/mol. The highest BCUT2D eigenvalue weighted by molar-refractivity contribution is 6.01. The standard InChI is InChI=1S/C38H45F2N5O4/c1-3-27-30(39)10-9-22-15-25(47)18-28(32(22)27)34-33(40)35-29(19-41-34)36(44-13-5-7-24(46)20-44)43-37(42-35)49-21-38-11-4-8-31(38)45(14-6-12-38)23-16-26(17-23)48-2/h9-10,15,18-19,23-24,26,31,46-47H,3-8,11-14,16-17,20-21H2,1-2H3. The molecule has 11 heteroatoms. The number of aromatic nitrogens is 3. The Balaban J connectivity index is 1.20. The number of phenolic OH excluding ortho intramolecular Hbond substituents is 1. The van der Waals surface area contributed by atoms with Crippen LogP contribution in [0.4, 0.5) is 14.6 Å². The van der Waals surface area contributed by atoms with Crippen LogP contribution in [0.3, 0.4) is 0 Å². The van der Waals surface area contributed by atoms with E-state index in [0.717, 1.165) is 57.9 Å². The number of fused-ring (bicyclic) bond motifs is 3. The van der Waals surface area contributed by atoms with E-state index in [4.69, 9.17) is 19.4 Å². The zero-order valence-electron chi connectivity index (χ0n) is 28.3. The van der Waals surface area contributed by atoms with Crippen LogP contribution in [-0.4, -0.2) is 87.7 Å². The lowest BCUT2D eigenvalue weighted by molar-refractivity contribution is -0.0845. The Labute approximate surface area is 285 Å². The van der Waals surface area contributed by atoms with Crippen molar-refractivity contribution in [3.63, 3.8) is 0 Å². The van der Waals surface area contributed by atoms with Crippen molar-refractivity contribution in [2.75, 3.05) is 38.3 Å². The third kappa shape index (κ3) is 5.67. The van der Waals surface area contributed by atoms with Gasteiger partial charge in [-0.25, -0.2) is 8.78 Å². The van der Waals surface area contributed by atoms with Crippen molar-refractivity contribution in [1.82, 2.24) is 19.9 Å². The molecule has 3 unspecified atom stereocenters. The number of aryl methyl sites for hydroxylation is 1. The summed E-state index contributed by atoms with van der Waals surface area (Å²) in [7, 11) is 1.79. The fourth-order valence-electron chi connectivity index (χ4n) is 9.28. The summed E-state index contributed by atoms with van der Waals surface area (Å²) in [6.45, 7) is 4.38. The number of nitrogens with zero attached hydrogens (tertiary/aromatic N) is 5. The number of methoxy groups -OCH3 is 1. The molecule has 2 saturated heterocycles. The van der Waals surface area contributed by atoms with Crippen molar-refractivity contribution in [2.45, 2.75) is 95.4 Å². The minimum atomic E-state index is -0.694. The van der Waals surface area contributed by atoms with Gasteiger partial charge < -0.3 is 24.6 Å². The molecule has 0 amide bonds. The summed E-state index contributed by atoms with van der Waals surface area (Å²) in [6, 6.07) is 6.99. The maximum atomic E-state index is 16.9. The normalized spacial score (nSPS) is 27.4. The molecular formula is C38H45F2N5O4. The first-order chi connectivity index (χ1) is 23.8. The third-order valence-corrected chi connectivity index (χ3v) is 11.8. The van der Waals surface area contributed by atoms with Gasteiger partial charge in [-0.3, -0.25) is 9.88 Å². The molecule has 4 aromatic rings. The fourth-order valence-corrected chi connectivity index (χ4v) is 9.28. The number of piperidine rings is 2. The molecule has 0 spiro atoms. The van der Waals surface area contributed by atoms with E-state index < -0.39 is 17.7 Å². The number of hydrogen-bond acceptors (Lipinski definition) is 9. The number of aliphatic hydroxyl groups excluding tert-OH is 1. The second-order valence-corrected chi connectivity index (χ2v) is 14.6. The third-order valence-electron chi connectivity index (χ3n) is 11.8. The number of aromatic hydroxyl groups is 1. The van der Waals surface area contributed by atoms with Gasteiger partial charge in [-0.15, -0.1) is 0 Å². The van der Waals surface area contributed by atoms with Gasteiger partial charge in [-0.05, 0) is 98.9 Å². The van der Waals surface area contributed by atoms with Crippen LogP contribution in [0.2, 0.25) is 0 Å². The number of ether oxygens (including phenoxy) is 2. The van der Waals surface area contributed by atoms with Crippen molar-refractivity contribution in [1.29, 1.82) is 0 Å². The number of phenols is 1. The highest BCUT2D eigenvalue weighted by atomic mass is 19.1. The van der Waals surface area contributed by atoms with E-state index in [-0.39, 0.29) is 28.4 Å². The largest absolute Gasteiger partial charge is 0.508 e. The average Bonchev–Trinajstić information content (AvgIpc) is 3.52. The number of rotatable bonds is 8. The van der Waals surface area contributed by atoms with Crippen LogP contribution in [0.25, 0.3) is 32.9 Å². The molecular weight excluding hydrogens is 628 g/mol. The molecule has 2 N–H and O–H groups in total. The van der Waals surface area contributed by atoms with Crippen LogP contribution in [0.15, 0.2) is 30.5 Å². The summed E-state index contributed by atoms with van der Waals surface area (Å²) in [6.07, 6.45) is 10.8. The van der Waals surface area contributed by atoms with E-state index in [1.54, 1.807) is 25.4 Å². The van der Waals surface area contributed by atoms with Crippen molar-refractivity contribution in [3.05, 3.63) is 47.7 Å². The van der Waals surface area contributed by atoms with Gasteiger partial charge in [0, 0.05) is 49.5 Å². The lowest BCUT2D eigenvalue weighted by Gasteiger charge is -2.53. The summed E-state index contributed by atoms with van der Waals surface area (Å²) in [5.74, 6) is -0.684. The maximum Gasteiger partial charge on any atom is 0.319 e. The van der Waals surface area contributed by atoms with Crippen LogP contribution >= 0.6 is 0 Å². The molecule has 2 saturated carbocycles. The molecule has 4 heterocycles. The van der Waals surface area contributed by atoms with Crippen molar-refractivity contribution in [2.24, 2.45) is 5.41 Å². The Kier molecular flexibility index (Phi) is 8.56. The SMILES string of the molecule is CCc1c(F)ccc2cc(O)cc(-c3ncc4c(N5CCCC(O)C5)nc(OCC56CCCC5N(C5CC(OC)C5)CCC6)nc4c3F)c12. The summed E-state index contributed by atoms with van der Waals surface area (Å²) in [5, 5.41) is 22.7. The summed E-state index contributed by atoms with van der Waals surface area (Å²) in [4.78, 5) is 18.8. The van der Waals surface area contributed by atoms with Gasteiger partial charge in [0.25, 0.3) is 0 Å². The molecule has 2 aromatic carbocycles. The van der Waals surface area contributed by atoms with Crippen molar-refractivity contribution < 1.29 is 28.5 Å².